The maximum atomic E-state index is 8.36. The summed E-state index contributed by atoms with van der Waals surface area (Å²) in [6, 6.07) is 10.7. The lowest BCUT2D eigenvalue weighted by Gasteiger charge is -2.19. The normalized spacial score (nSPS) is 11.4. The van der Waals surface area contributed by atoms with E-state index in [1.807, 2.05) is 12.1 Å². The molecule has 1 unspecified atom stereocenters. The number of aromatic amines is 1. The highest BCUT2D eigenvalue weighted by molar-refractivity contribution is 6.35. The molecule has 1 atom stereocenters. The molecule has 0 fully saturated rings. The molecule has 0 aliphatic heterocycles. The van der Waals surface area contributed by atoms with Crippen molar-refractivity contribution >= 4 is 46.4 Å². The Morgan fingerprint density at radius 1 is 1.10 bits per heavy atom. The second kappa shape index (κ2) is 11.2. The number of halogens is 4. The van der Waals surface area contributed by atoms with E-state index in [1.165, 1.54) is 0 Å². The van der Waals surface area contributed by atoms with E-state index in [4.69, 9.17) is 66.5 Å². The summed E-state index contributed by atoms with van der Waals surface area (Å²) in [5.74, 6) is 0.804. The Bertz CT molecular complexity index is 950. The van der Waals surface area contributed by atoms with Crippen molar-refractivity contribution in [3.8, 4) is 0 Å². The molecule has 2 N–H and O–H groups in total. The Labute approximate surface area is 186 Å². The molecule has 1 aromatic heterocycles. The number of H-pyrrole nitrogens is 1. The van der Waals surface area contributed by atoms with Crippen molar-refractivity contribution < 1.29 is 15.0 Å². The summed E-state index contributed by atoms with van der Waals surface area (Å²) in [4.78, 5) is 15.7. The zero-order valence-corrected chi connectivity index (χ0v) is 17.7. The average Bonchev–Trinajstić information content (AvgIpc) is 3.13. The Morgan fingerprint density at radius 3 is 2.28 bits per heavy atom. The van der Waals surface area contributed by atoms with Gasteiger partial charge in [-0.15, -0.1) is 10.1 Å². The Morgan fingerprint density at radius 2 is 1.72 bits per heavy atom. The predicted octanol–water partition coefficient (Wildman–Crippen LogP) is 6.18. The highest BCUT2D eigenvalue weighted by Crippen LogP contribution is 2.32. The number of rotatable bonds is 6. The van der Waals surface area contributed by atoms with Crippen molar-refractivity contribution in [3.05, 3.63) is 95.9 Å². The Kier molecular flexibility index (Phi) is 9.00. The van der Waals surface area contributed by atoms with Crippen molar-refractivity contribution in [3.63, 3.8) is 0 Å². The molecule has 0 aliphatic carbocycles. The molecular weight excluding hydrogens is 464 g/mol. The van der Waals surface area contributed by atoms with Crippen LogP contribution in [0.3, 0.4) is 0 Å². The van der Waals surface area contributed by atoms with Crippen LogP contribution in [0.2, 0.25) is 20.1 Å². The minimum Gasteiger partial charge on any atom is -0.368 e. The van der Waals surface area contributed by atoms with E-state index in [1.54, 1.807) is 36.7 Å². The van der Waals surface area contributed by atoms with Gasteiger partial charge < -0.3 is 14.9 Å². The summed E-state index contributed by atoms with van der Waals surface area (Å²) in [5.41, 5.74) is 1.69. The quantitative estimate of drug-likeness (QED) is 0.325. The fourth-order valence-corrected chi connectivity index (χ4v) is 3.43. The number of hydrogen-bond acceptors (Lipinski definition) is 4. The molecule has 7 nitrogen and oxygen atoms in total. The van der Waals surface area contributed by atoms with Crippen LogP contribution in [-0.2, 0) is 17.8 Å². The summed E-state index contributed by atoms with van der Waals surface area (Å²) in [7, 11) is 0. The van der Waals surface area contributed by atoms with Gasteiger partial charge in [0.2, 0.25) is 0 Å². The summed E-state index contributed by atoms with van der Waals surface area (Å²) >= 11 is 24.5. The molecule has 0 amide bonds. The molecule has 3 rings (SSSR count). The minimum atomic E-state index is -1.50. The predicted molar refractivity (Wildman–Crippen MR) is 112 cm³/mol. The third kappa shape index (κ3) is 7.72. The van der Waals surface area contributed by atoms with E-state index >= 15 is 0 Å². The molecule has 1 heterocycles. The van der Waals surface area contributed by atoms with E-state index in [9.17, 15) is 0 Å². The molecule has 11 heteroatoms. The first-order chi connectivity index (χ1) is 13.8. The molecule has 29 heavy (non-hydrogen) atoms. The van der Waals surface area contributed by atoms with Crippen LogP contribution in [0.15, 0.2) is 48.8 Å². The number of hydrogen-bond donors (Lipinski definition) is 2. The number of nitrogens with one attached hydrogen (secondary N) is 1. The smallest absolute Gasteiger partial charge is 0.291 e. The number of nitrogens with zero attached hydrogens (tertiary/aromatic N) is 2. The Hall–Kier alpha value is -2.03. The maximum Gasteiger partial charge on any atom is 0.291 e. The molecular formula is C18H15Cl4N3O4. The van der Waals surface area contributed by atoms with Gasteiger partial charge in [0.25, 0.3) is 5.09 Å². The number of benzene rings is 2. The van der Waals surface area contributed by atoms with Gasteiger partial charge in [-0.25, -0.2) is 4.98 Å². The first-order valence-electron chi connectivity index (χ1n) is 8.08. The lowest BCUT2D eigenvalue weighted by atomic mass is 10.1. The summed E-state index contributed by atoms with van der Waals surface area (Å²) in [6.07, 6.45) is 3.71. The van der Waals surface area contributed by atoms with Crippen LogP contribution in [0, 0.1) is 10.1 Å². The molecule has 0 spiro atoms. The summed E-state index contributed by atoms with van der Waals surface area (Å²) in [5, 5.41) is 15.9. The van der Waals surface area contributed by atoms with E-state index in [-0.39, 0.29) is 6.10 Å². The van der Waals surface area contributed by atoms with Crippen LogP contribution in [0.4, 0.5) is 0 Å². The fourth-order valence-electron chi connectivity index (χ4n) is 2.44. The van der Waals surface area contributed by atoms with Crippen LogP contribution in [0.5, 0.6) is 0 Å². The van der Waals surface area contributed by atoms with E-state index in [0.717, 1.165) is 17.0 Å². The molecule has 154 valence electrons. The van der Waals surface area contributed by atoms with Gasteiger partial charge in [0, 0.05) is 38.9 Å². The van der Waals surface area contributed by atoms with Gasteiger partial charge in [0.15, 0.2) is 0 Å². The van der Waals surface area contributed by atoms with E-state index in [2.05, 4.69) is 9.97 Å². The molecule has 0 bridgehead atoms. The van der Waals surface area contributed by atoms with Crippen molar-refractivity contribution in [1.29, 1.82) is 0 Å². The van der Waals surface area contributed by atoms with E-state index < -0.39 is 5.09 Å². The Balaban J connectivity index is 0.000000687. The van der Waals surface area contributed by atoms with Gasteiger partial charge in [0.1, 0.15) is 5.82 Å². The summed E-state index contributed by atoms with van der Waals surface area (Å²) in [6.45, 7) is 0.320. The zero-order valence-electron chi connectivity index (χ0n) is 14.7. The number of aromatic nitrogens is 2. The monoisotopic (exact) mass is 477 g/mol. The van der Waals surface area contributed by atoms with Crippen molar-refractivity contribution in [2.24, 2.45) is 0 Å². The third-order valence-electron chi connectivity index (χ3n) is 3.70. The van der Waals surface area contributed by atoms with Gasteiger partial charge in [-0.2, -0.15) is 0 Å². The highest BCUT2D eigenvalue weighted by atomic mass is 35.5. The van der Waals surface area contributed by atoms with Crippen LogP contribution < -0.4 is 0 Å². The van der Waals surface area contributed by atoms with Crippen LogP contribution in [-0.4, -0.2) is 20.3 Å². The average molecular weight is 479 g/mol. The first kappa shape index (κ1) is 23.3. The molecule has 0 saturated carbocycles. The van der Waals surface area contributed by atoms with Gasteiger partial charge in [-0.3, -0.25) is 0 Å². The van der Waals surface area contributed by atoms with Gasteiger partial charge in [-0.05, 0) is 35.4 Å². The number of ether oxygens (including phenoxy) is 1. The lowest BCUT2D eigenvalue weighted by molar-refractivity contribution is -0.742. The standard InChI is InChI=1S/C18H14Cl4N2O.HNO3/c19-12-2-1-11(15(21)7-12)10-25-17(9-18-23-5-6-24-18)14-4-3-13(20)8-16(14)22;2-1(3)4/h1-8,17H,9-10H2,(H,23,24);(H,2,3,4). The van der Waals surface area contributed by atoms with Crippen LogP contribution in [0.1, 0.15) is 23.1 Å². The number of imidazole rings is 1. The summed E-state index contributed by atoms with van der Waals surface area (Å²) < 4.78 is 6.11. The molecule has 0 radical (unpaired) electrons. The molecule has 0 saturated heterocycles. The van der Waals surface area contributed by atoms with E-state index in [0.29, 0.717) is 33.1 Å². The molecule has 3 aromatic rings. The van der Waals surface area contributed by atoms with Gasteiger partial charge >= 0.3 is 0 Å². The largest absolute Gasteiger partial charge is 0.368 e. The zero-order chi connectivity index (χ0) is 21.4. The second-order valence-electron chi connectivity index (χ2n) is 5.68. The molecule has 2 aromatic carbocycles. The third-order valence-corrected chi connectivity index (χ3v) is 4.85. The van der Waals surface area contributed by atoms with Crippen molar-refractivity contribution in [1.82, 2.24) is 9.97 Å². The van der Waals surface area contributed by atoms with Crippen molar-refractivity contribution in [2.45, 2.75) is 19.1 Å². The maximum absolute atomic E-state index is 8.36. The highest BCUT2D eigenvalue weighted by Gasteiger charge is 2.18. The SMILES string of the molecule is Clc1ccc(COC(Cc2ncc[nH]2)c2ccc(Cl)cc2Cl)c(Cl)c1.O=[N+]([O-])O. The minimum absolute atomic E-state index is 0.303. The molecule has 0 aliphatic rings. The fraction of sp³-hybridized carbons (Fsp3) is 0.167. The van der Waals surface area contributed by atoms with Crippen LogP contribution in [0.25, 0.3) is 0 Å². The lowest BCUT2D eigenvalue weighted by Crippen LogP contribution is -2.10. The first-order valence-corrected chi connectivity index (χ1v) is 9.59. The van der Waals surface area contributed by atoms with Crippen molar-refractivity contribution in [2.75, 3.05) is 0 Å². The van der Waals surface area contributed by atoms with Gasteiger partial charge in [0.05, 0.1) is 12.7 Å². The second-order valence-corrected chi connectivity index (χ2v) is 7.37. The van der Waals surface area contributed by atoms with Gasteiger partial charge in [-0.1, -0.05) is 58.5 Å². The topological polar surface area (TPSA) is 101 Å². The van der Waals surface area contributed by atoms with Crippen LogP contribution >= 0.6 is 46.4 Å².